The van der Waals surface area contributed by atoms with Crippen LogP contribution in [0.1, 0.15) is 17.0 Å². The van der Waals surface area contributed by atoms with E-state index in [2.05, 4.69) is 90.1 Å². The zero-order valence-electron chi connectivity index (χ0n) is 15.4. The van der Waals surface area contributed by atoms with Crippen molar-refractivity contribution in [3.63, 3.8) is 0 Å². The van der Waals surface area contributed by atoms with Crippen LogP contribution in [-0.2, 0) is 0 Å². The van der Waals surface area contributed by atoms with E-state index in [1.807, 2.05) is 19.3 Å². The fourth-order valence-electron chi connectivity index (χ4n) is 3.50. The highest BCUT2D eigenvalue weighted by molar-refractivity contribution is 5.75. The molecule has 3 aromatic carbocycles. The first kappa shape index (κ1) is 16.3. The number of rotatable bonds is 3. The Kier molecular flexibility index (Phi) is 4.18. The van der Waals surface area contributed by atoms with Crippen molar-refractivity contribution in [2.75, 3.05) is 0 Å². The normalized spacial score (nSPS) is 10.9. The van der Waals surface area contributed by atoms with E-state index in [4.69, 9.17) is 0 Å². The zero-order valence-corrected chi connectivity index (χ0v) is 15.4. The second kappa shape index (κ2) is 6.64. The van der Waals surface area contributed by atoms with Crippen LogP contribution in [0.15, 0.2) is 79.1 Å². The third-order valence-corrected chi connectivity index (χ3v) is 4.96. The number of imidazole rings is 1. The SMILES string of the molecule is Cc1ccccc1-c1ccc(-c2ccc(-n3ccnc3C)cc2)c(C)c1. The van der Waals surface area contributed by atoms with Gasteiger partial charge in [-0.25, -0.2) is 4.98 Å². The summed E-state index contributed by atoms with van der Waals surface area (Å²) >= 11 is 0. The highest BCUT2D eigenvalue weighted by atomic mass is 15.1. The lowest BCUT2D eigenvalue weighted by Gasteiger charge is -2.12. The molecule has 4 aromatic rings. The van der Waals surface area contributed by atoms with Crippen LogP contribution in [0.4, 0.5) is 0 Å². The third kappa shape index (κ3) is 2.95. The van der Waals surface area contributed by atoms with Crippen LogP contribution in [0.3, 0.4) is 0 Å². The molecule has 0 aliphatic rings. The lowest BCUT2D eigenvalue weighted by molar-refractivity contribution is 0.975. The number of aryl methyl sites for hydroxylation is 3. The summed E-state index contributed by atoms with van der Waals surface area (Å²) in [6, 6.07) is 23.9. The summed E-state index contributed by atoms with van der Waals surface area (Å²) in [5, 5.41) is 0. The predicted octanol–water partition coefficient (Wildman–Crippen LogP) is 6.13. The Labute approximate surface area is 154 Å². The van der Waals surface area contributed by atoms with Gasteiger partial charge in [0.15, 0.2) is 0 Å². The summed E-state index contributed by atoms with van der Waals surface area (Å²) in [6.07, 6.45) is 3.82. The van der Waals surface area contributed by atoms with E-state index in [1.54, 1.807) is 0 Å². The maximum atomic E-state index is 4.30. The molecule has 2 nitrogen and oxygen atoms in total. The highest BCUT2D eigenvalue weighted by Crippen LogP contribution is 2.30. The van der Waals surface area contributed by atoms with Gasteiger partial charge in [0.1, 0.15) is 5.82 Å². The average Bonchev–Trinajstić information content (AvgIpc) is 3.08. The van der Waals surface area contributed by atoms with E-state index < -0.39 is 0 Å². The molecule has 0 bridgehead atoms. The Morgan fingerprint density at radius 2 is 1.38 bits per heavy atom. The van der Waals surface area contributed by atoms with Crippen LogP contribution < -0.4 is 0 Å². The van der Waals surface area contributed by atoms with Crippen LogP contribution in [0.25, 0.3) is 27.9 Å². The van der Waals surface area contributed by atoms with E-state index in [0.29, 0.717) is 0 Å². The first-order chi connectivity index (χ1) is 12.6. The van der Waals surface area contributed by atoms with Gasteiger partial charge < -0.3 is 4.57 Å². The molecule has 0 saturated heterocycles. The first-order valence-electron chi connectivity index (χ1n) is 8.91. The predicted molar refractivity (Wildman–Crippen MR) is 109 cm³/mol. The molecule has 1 heterocycles. The smallest absolute Gasteiger partial charge is 0.110 e. The van der Waals surface area contributed by atoms with Crippen molar-refractivity contribution in [3.05, 3.63) is 96.1 Å². The molecule has 0 aliphatic carbocycles. The summed E-state index contributed by atoms with van der Waals surface area (Å²) in [4.78, 5) is 4.30. The van der Waals surface area contributed by atoms with Crippen LogP contribution >= 0.6 is 0 Å². The molecule has 26 heavy (non-hydrogen) atoms. The van der Waals surface area contributed by atoms with Crippen LogP contribution in [0.2, 0.25) is 0 Å². The van der Waals surface area contributed by atoms with E-state index in [0.717, 1.165) is 11.5 Å². The lowest BCUT2D eigenvalue weighted by Crippen LogP contribution is -1.95. The van der Waals surface area contributed by atoms with Gasteiger partial charge in [-0.2, -0.15) is 0 Å². The standard InChI is InChI=1S/C24H22N2/c1-17-6-4-5-7-23(17)21-10-13-24(18(2)16-21)20-8-11-22(12-9-20)26-15-14-25-19(26)3/h4-16H,1-3H3. The quantitative estimate of drug-likeness (QED) is 0.439. The molecule has 0 atom stereocenters. The number of benzene rings is 3. The van der Waals surface area contributed by atoms with Gasteiger partial charge in [-0.1, -0.05) is 54.6 Å². The fourth-order valence-corrected chi connectivity index (χ4v) is 3.50. The van der Waals surface area contributed by atoms with Crippen molar-refractivity contribution in [2.24, 2.45) is 0 Å². The zero-order chi connectivity index (χ0) is 18.1. The van der Waals surface area contributed by atoms with Gasteiger partial charge in [0.2, 0.25) is 0 Å². The molecule has 0 spiro atoms. The molecule has 0 radical (unpaired) electrons. The Morgan fingerprint density at radius 1 is 0.692 bits per heavy atom. The van der Waals surface area contributed by atoms with Crippen LogP contribution in [-0.4, -0.2) is 9.55 Å². The molecule has 0 unspecified atom stereocenters. The minimum Gasteiger partial charge on any atom is -0.304 e. The van der Waals surface area contributed by atoms with Gasteiger partial charge in [0, 0.05) is 18.1 Å². The Morgan fingerprint density at radius 3 is 2.04 bits per heavy atom. The van der Waals surface area contributed by atoms with Gasteiger partial charge in [-0.3, -0.25) is 0 Å². The van der Waals surface area contributed by atoms with Crippen molar-refractivity contribution >= 4 is 0 Å². The monoisotopic (exact) mass is 338 g/mol. The minimum atomic E-state index is 0.997. The number of nitrogens with zero attached hydrogens (tertiary/aromatic N) is 2. The summed E-state index contributed by atoms with van der Waals surface area (Å²) in [7, 11) is 0. The lowest BCUT2D eigenvalue weighted by atomic mass is 9.94. The Hall–Kier alpha value is -3.13. The van der Waals surface area contributed by atoms with Gasteiger partial charge in [-0.05, 0) is 66.3 Å². The van der Waals surface area contributed by atoms with Crippen LogP contribution in [0.5, 0.6) is 0 Å². The van der Waals surface area contributed by atoms with Crippen molar-refractivity contribution < 1.29 is 0 Å². The molecule has 2 heteroatoms. The van der Waals surface area contributed by atoms with Crippen LogP contribution in [0, 0.1) is 20.8 Å². The van der Waals surface area contributed by atoms with E-state index in [1.165, 1.54) is 33.4 Å². The molecule has 0 N–H and O–H groups in total. The molecule has 0 amide bonds. The summed E-state index contributed by atoms with van der Waals surface area (Å²) < 4.78 is 2.10. The summed E-state index contributed by atoms with van der Waals surface area (Å²) in [5.41, 5.74) is 8.81. The van der Waals surface area contributed by atoms with Gasteiger partial charge >= 0.3 is 0 Å². The number of hydrogen-bond acceptors (Lipinski definition) is 1. The second-order valence-electron chi connectivity index (χ2n) is 6.74. The van der Waals surface area contributed by atoms with Crippen molar-refractivity contribution in [1.29, 1.82) is 0 Å². The number of aromatic nitrogens is 2. The topological polar surface area (TPSA) is 17.8 Å². The van der Waals surface area contributed by atoms with Crippen molar-refractivity contribution in [2.45, 2.75) is 20.8 Å². The molecule has 0 aliphatic heterocycles. The first-order valence-corrected chi connectivity index (χ1v) is 8.91. The number of hydrogen-bond donors (Lipinski definition) is 0. The largest absolute Gasteiger partial charge is 0.304 e. The van der Waals surface area contributed by atoms with Gasteiger partial charge in [0.25, 0.3) is 0 Å². The fraction of sp³-hybridized carbons (Fsp3) is 0.125. The molecular weight excluding hydrogens is 316 g/mol. The van der Waals surface area contributed by atoms with E-state index >= 15 is 0 Å². The average molecular weight is 338 g/mol. The Balaban J connectivity index is 1.68. The van der Waals surface area contributed by atoms with E-state index in [-0.39, 0.29) is 0 Å². The Bertz CT molecular complexity index is 1060. The van der Waals surface area contributed by atoms with Gasteiger partial charge in [0.05, 0.1) is 0 Å². The molecule has 0 fully saturated rings. The molecule has 128 valence electrons. The van der Waals surface area contributed by atoms with Gasteiger partial charge in [-0.15, -0.1) is 0 Å². The second-order valence-corrected chi connectivity index (χ2v) is 6.74. The van der Waals surface area contributed by atoms with Crippen molar-refractivity contribution in [1.82, 2.24) is 9.55 Å². The third-order valence-electron chi connectivity index (χ3n) is 4.96. The minimum absolute atomic E-state index is 0.997. The van der Waals surface area contributed by atoms with Crippen molar-refractivity contribution in [3.8, 4) is 27.9 Å². The summed E-state index contributed by atoms with van der Waals surface area (Å²) in [5.74, 6) is 0.997. The summed E-state index contributed by atoms with van der Waals surface area (Å²) in [6.45, 7) is 6.36. The molecule has 1 aromatic heterocycles. The highest BCUT2D eigenvalue weighted by Gasteiger charge is 2.07. The maximum absolute atomic E-state index is 4.30. The van der Waals surface area contributed by atoms with E-state index in [9.17, 15) is 0 Å². The molecular formula is C24H22N2. The maximum Gasteiger partial charge on any atom is 0.110 e. The molecule has 4 rings (SSSR count). The molecule has 0 saturated carbocycles.